The fourth-order valence-electron chi connectivity index (χ4n) is 3.11. The number of rotatable bonds is 5. The van der Waals surface area contributed by atoms with Gasteiger partial charge in [0.2, 0.25) is 11.8 Å². The standard InChI is InChI=1S/C18H24F2N2O2/c1-3-17(23)22-10-6-7-13(11-22)18(24)21(4-2)12-14-15(19)8-5-9-16(14)20/h5,8-9,13H,3-4,6-7,10-12H2,1-2H3/t13-/m1/s1. The molecule has 1 aromatic carbocycles. The molecule has 2 amide bonds. The molecule has 6 heteroatoms. The lowest BCUT2D eigenvalue weighted by Gasteiger charge is -2.34. The summed E-state index contributed by atoms with van der Waals surface area (Å²) in [4.78, 5) is 27.8. The minimum atomic E-state index is -0.646. The molecular weight excluding hydrogens is 314 g/mol. The number of benzene rings is 1. The molecule has 0 aromatic heterocycles. The zero-order valence-corrected chi connectivity index (χ0v) is 14.2. The van der Waals surface area contributed by atoms with Crippen molar-refractivity contribution in [2.24, 2.45) is 5.92 Å². The van der Waals surface area contributed by atoms with Crippen LogP contribution >= 0.6 is 0 Å². The minimum absolute atomic E-state index is 0.0377. The number of hydrogen-bond acceptors (Lipinski definition) is 2. The first-order chi connectivity index (χ1) is 11.5. The Labute approximate surface area is 141 Å². The molecule has 1 atom stereocenters. The summed E-state index contributed by atoms with van der Waals surface area (Å²) in [6, 6.07) is 3.69. The molecule has 1 saturated heterocycles. The van der Waals surface area contributed by atoms with Crippen LogP contribution < -0.4 is 0 Å². The monoisotopic (exact) mass is 338 g/mol. The number of piperidine rings is 1. The Balaban J connectivity index is 2.09. The summed E-state index contributed by atoms with van der Waals surface area (Å²) in [5.74, 6) is -1.70. The van der Waals surface area contributed by atoms with E-state index in [1.165, 1.54) is 23.1 Å². The second-order valence-corrected chi connectivity index (χ2v) is 6.09. The van der Waals surface area contributed by atoms with E-state index < -0.39 is 11.6 Å². The fourth-order valence-corrected chi connectivity index (χ4v) is 3.11. The van der Waals surface area contributed by atoms with E-state index in [0.717, 1.165) is 6.42 Å². The highest BCUT2D eigenvalue weighted by atomic mass is 19.1. The molecule has 24 heavy (non-hydrogen) atoms. The summed E-state index contributed by atoms with van der Waals surface area (Å²) in [6.07, 6.45) is 1.88. The largest absolute Gasteiger partial charge is 0.342 e. The smallest absolute Gasteiger partial charge is 0.227 e. The molecule has 2 rings (SSSR count). The SMILES string of the molecule is CCC(=O)N1CCC[C@@H](C(=O)N(CC)Cc2c(F)cccc2F)C1. The third kappa shape index (κ3) is 4.10. The number of amides is 2. The van der Waals surface area contributed by atoms with Gasteiger partial charge in [0.05, 0.1) is 12.5 Å². The third-order valence-electron chi connectivity index (χ3n) is 4.53. The zero-order valence-electron chi connectivity index (χ0n) is 14.2. The Morgan fingerprint density at radius 2 is 1.92 bits per heavy atom. The second-order valence-electron chi connectivity index (χ2n) is 6.09. The van der Waals surface area contributed by atoms with E-state index >= 15 is 0 Å². The zero-order chi connectivity index (χ0) is 17.7. The maximum absolute atomic E-state index is 13.8. The Bertz CT molecular complexity index is 586. The van der Waals surface area contributed by atoms with Gasteiger partial charge < -0.3 is 9.80 Å². The summed E-state index contributed by atoms with van der Waals surface area (Å²) in [5.41, 5.74) is -0.0926. The van der Waals surface area contributed by atoms with Crippen molar-refractivity contribution in [1.29, 1.82) is 0 Å². The Hall–Kier alpha value is -1.98. The molecule has 132 valence electrons. The molecule has 0 unspecified atom stereocenters. The van der Waals surface area contributed by atoms with Gasteiger partial charge in [-0.1, -0.05) is 13.0 Å². The molecule has 0 N–H and O–H groups in total. The van der Waals surface area contributed by atoms with Crippen LogP contribution in [0, 0.1) is 17.6 Å². The average Bonchev–Trinajstić information content (AvgIpc) is 2.60. The highest BCUT2D eigenvalue weighted by molar-refractivity contribution is 5.81. The first-order valence-electron chi connectivity index (χ1n) is 8.47. The van der Waals surface area contributed by atoms with Gasteiger partial charge in [0.15, 0.2) is 0 Å². The van der Waals surface area contributed by atoms with Crippen molar-refractivity contribution in [2.75, 3.05) is 19.6 Å². The highest BCUT2D eigenvalue weighted by Crippen LogP contribution is 2.22. The predicted molar refractivity (Wildman–Crippen MR) is 87.0 cm³/mol. The van der Waals surface area contributed by atoms with E-state index in [2.05, 4.69) is 0 Å². The molecule has 0 saturated carbocycles. The van der Waals surface area contributed by atoms with Gasteiger partial charge in [-0.25, -0.2) is 8.78 Å². The van der Waals surface area contributed by atoms with Crippen LogP contribution in [0.1, 0.15) is 38.7 Å². The van der Waals surface area contributed by atoms with Crippen LogP contribution in [0.3, 0.4) is 0 Å². The lowest BCUT2D eigenvalue weighted by atomic mass is 9.96. The number of carbonyl (C=O) groups is 2. The molecule has 4 nitrogen and oxygen atoms in total. The molecule has 1 fully saturated rings. The van der Waals surface area contributed by atoms with Crippen molar-refractivity contribution in [3.8, 4) is 0 Å². The average molecular weight is 338 g/mol. The van der Waals surface area contributed by atoms with E-state index in [1.807, 2.05) is 0 Å². The molecular formula is C18H24F2N2O2. The molecule has 0 aliphatic carbocycles. The third-order valence-corrected chi connectivity index (χ3v) is 4.53. The van der Waals surface area contributed by atoms with Gasteiger partial charge >= 0.3 is 0 Å². The number of carbonyl (C=O) groups excluding carboxylic acids is 2. The maximum atomic E-state index is 13.8. The number of hydrogen-bond donors (Lipinski definition) is 0. The molecule has 1 aliphatic rings. The fraction of sp³-hybridized carbons (Fsp3) is 0.556. The van der Waals surface area contributed by atoms with Crippen molar-refractivity contribution < 1.29 is 18.4 Å². The van der Waals surface area contributed by atoms with Crippen molar-refractivity contribution in [1.82, 2.24) is 9.80 Å². The van der Waals surface area contributed by atoms with Crippen molar-refractivity contribution in [3.63, 3.8) is 0 Å². The molecule has 0 radical (unpaired) electrons. The van der Waals surface area contributed by atoms with Gasteiger partial charge in [0, 0.05) is 31.6 Å². The van der Waals surface area contributed by atoms with Gasteiger partial charge in [-0.05, 0) is 31.9 Å². The molecule has 0 bridgehead atoms. The van der Waals surface area contributed by atoms with Crippen LogP contribution in [0.2, 0.25) is 0 Å². The first-order valence-corrected chi connectivity index (χ1v) is 8.47. The normalized spacial score (nSPS) is 17.7. The van der Waals surface area contributed by atoms with Crippen molar-refractivity contribution in [2.45, 2.75) is 39.7 Å². The summed E-state index contributed by atoms with van der Waals surface area (Å²) < 4.78 is 27.7. The van der Waals surface area contributed by atoms with Gasteiger partial charge in [0.1, 0.15) is 11.6 Å². The quantitative estimate of drug-likeness (QED) is 0.828. The lowest BCUT2D eigenvalue weighted by molar-refractivity contribution is -0.141. The first kappa shape index (κ1) is 18.4. The minimum Gasteiger partial charge on any atom is -0.342 e. The topological polar surface area (TPSA) is 40.6 Å². The molecule has 1 aliphatic heterocycles. The van der Waals surface area contributed by atoms with Crippen LogP contribution in [-0.2, 0) is 16.1 Å². The van der Waals surface area contributed by atoms with Crippen molar-refractivity contribution in [3.05, 3.63) is 35.4 Å². The van der Waals surface area contributed by atoms with Gasteiger partial charge in [-0.15, -0.1) is 0 Å². The highest BCUT2D eigenvalue weighted by Gasteiger charge is 2.31. The van der Waals surface area contributed by atoms with E-state index in [9.17, 15) is 18.4 Å². The van der Waals surface area contributed by atoms with E-state index in [-0.39, 0.29) is 29.8 Å². The van der Waals surface area contributed by atoms with E-state index in [1.54, 1.807) is 18.7 Å². The van der Waals surface area contributed by atoms with Gasteiger partial charge in [-0.2, -0.15) is 0 Å². The second kappa shape index (κ2) is 8.22. The summed E-state index contributed by atoms with van der Waals surface area (Å²) in [7, 11) is 0. The van der Waals surface area contributed by atoms with E-state index in [4.69, 9.17) is 0 Å². The Kier molecular flexibility index (Phi) is 6.29. The van der Waals surface area contributed by atoms with Crippen LogP contribution in [0.15, 0.2) is 18.2 Å². The van der Waals surface area contributed by atoms with Gasteiger partial charge in [0.25, 0.3) is 0 Å². The molecule has 1 aromatic rings. The predicted octanol–water partition coefficient (Wildman–Crippen LogP) is 2.96. The summed E-state index contributed by atoms with van der Waals surface area (Å²) >= 11 is 0. The Morgan fingerprint density at radius 1 is 1.25 bits per heavy atom. The van der Waals surface area contributed by atoms with Crippen LogP contribution in [0.25, 0.3) is 0 Å². The van der Waals surface area contributed by atoms with Gasteiger partial charge in [-0.3, -0.25) is 9.59 Å². The lowest BCUT2D eigenvalue weighted by Crippen LogP contribution is -2.46. The van der Waals surface area contributed by atoms with Crippen LogP contribution in [-0.4, -0.2) is 41.2 Å². The number of halogens is 2. The molecule has 1 heterocycles. The van der Waals surface area contributed by atoms with Crippen LogP contribution in [0.4, 0.5) is 8.78 Å². The summed E-state index contributed by atoms with van der Waals surface area (Å²) in [6.45, 7) is 4.92. The maximum Gasteiger partial charge on any atom is 0.227 e. The number of nitrogens with zero attached hydrogens (tertiary/aromatic N) is 2. The Morgan fingerprint density at radius 3 is 2.50 bits per heavy atom. The van der Waals surface area contributed by atoms with E-state index in [0.29, 0.717) is 32.5 Å². The number of likely N-dealkylation sites (tertiary alicyclic amines) is 1. The van der Waals surface area contributed by atoms with Crippen molar-refractivity contribution >= 4 is 11.8 Å². The molecule has 0 spiro atoms. The van der Waals surface area contributed by atoms with Crippen LogP contribution in [0.5, 0.6) is 0 Å². The summed E-state index contributed by atoms with van der Waals surface area (Å²) in [5, 5.41) is 0.